The van der Waals surface area contributed by atoms with Crippen LogP contribution in [-0.2, 0) is 16.0 Å². The number of phenolic OH excluding ortho intramolecular Hbond substituents is 2. The summed E-state index contributed by atoms with van der Waals surface area (Å²) in [7, 11) is 0. The minimum atomic E-state index is -0.477. The third kappa shape index (κ3) is 5.88. The number of para-hydroxylation sites is 1. The van der Waals surface area contributed by atoms with Gasteiger partial charge in [-0.15, -0.1) is 0 Å². The van der Waals surface area contributed by atoms with Crippen molar-refractivity contribution < 1.29 is 24.5 Å². The zero-order valence-corrected chi connectivity index (χ0v) is 14.3. The molecule has 25 heavy (non-hydrogen) atoms. The molecule has 0 amide bonds. The maximum atomic E-state index is 11.8. The molecule has 0 radical (unpaired) electrons. The van der Waals surface area contributed by atoms with Crippen LogP contribution in [0.1, 0.15) is 25.0 Å². The Morgan fingerprint density at radius 2 is 1.88 bits per heavy atom. The van der Waals surface area contributed by atoms with Crippen molar-refractivity contribution in [2.45, 2.75) is 26.4 Å². The van der Waals surface area contributed by atoms with Gasteiger partial charge in [-0.05, 0) is 49.2 Å². The number of carbonyl (C=O) groups is 1. The van der Waals surface area contributed by atoms with Crippen LogP contribution in [0, 0.1) is 0 Å². The normalized spacial score (nSPS) is 11.0. The van der Waals surface area contributed by atoms with Crippen LogP contribution in [-0.4, -0.2) is 28.9 Å². The Balaban J connectivity index is 1.86. The van der Waals surface area contributed by atoms with Gasteiger partial charge in [0.2, 0.25) is 0 Å². The molecule has 0 atom stereocenters. The monoisotopic (exact) mass is 342 g/mol. The van der Waals surface area contributed by atoms with Gasteiger partial charge < -0.3 is 19.7 Å². The highest BCUT2D eigenvalue weighted by atomic mass is 16.5. The molecule has 5 nitrogen and oxygen atoms in total. The second-order valence-corrected chi connectivity index (χ2v) is 5.77. The van der Waals surface area contributed by atoms with Crippen molar-refractivity contribution in [3.8, 4) is 17.2 Å². The highest BCUT2D eigenvalue weighted by Crippen LogP contribution is 2.25. The fourth-order valence-electron chi connectivity index (χ4n) is 2.20. The highest BCUT2D eigenvalue weighted by molar-refractivity contribution is 5.87. The molecule has 2 N–H and O–H groups in total. The van der Waals surface area contributed by atoms with E-state index in [4.69, 9.17) is 9.47 Å². The third-order valence-corrected chi connectivity index (χ3v) is 3.36. The number of ether oxygens (including phenoxy) is 2. The van der Waals surface area contributed by atoms with Crippen LogP contribution < -0.4 is 4.74 Å². The lowest BCUT2D eigenvalue weighted by molar-refractivity contribution is -0.137. The summed E-state index contributed by atoms with van der Waals surface area (Å²) in [6.45, 7) is 4.16. The van der Waals surface area contributed by atoms with E-state index in [0.717, 1.165) is 11.3 Å². The number of rotatable bonds is 7. The highest BCUT2D eigenvalue weighted by Gasteiger charge is 2.06. The Labute approximate surface area is 147 Å². The van der Waals surface area contributed by atoms with E-state index < -0.39 is 5.97 Å². The molecule has 5 heteroatoms. The van der Waals surface area contributed by atoms with Gasteiger partial charge >= 0.3 is 5.97 Å². The third-order valence-electron chi connectivity index (χ3n) is 3.36. The predicted octanol–water partition coefficient (Wildman–Crippen LogP) is 3.68. The molecular weight excluding hydrogens is 320 g/mol. The second kappa shape index (κ2) is 8.78. The summed E-state index contributed by atoms with van der Waals surface area (Å²) < 4.78 is 10.9. The molecular formula is C20H22O5. The summed E-state index contributed by atoms with van der Waals surface area (Å²) in [6, 6.07) is 12.0. The van der Waals surface area contributed by atoms with Crippen molar-refractivity contribution in [3.63, 3.8) is 0 Å². The first-order valence-corrected chi connectivity index (χ1v) is 8.07. The van der Waals surface area contributed by atoms with E-state index >= 15 is 0 Å². The Bertz CT molecular complexity index is 750. The molecule has 2 aromatic rings. The van der Waals surface area contributed by atoms with Crippen LogP contribution >= 0.6 is 0 Å². The Morgan fingerprint density at radius 3 is 2.60 bits per heavy atom. The maximum absolute atomic E-state index is 11.8. The first kappa shape index (κ1) is 18.4. The van der Waals surface area contributed by atoms with Crippen molar-refractivity contribution >= 4 is 12.0 Å². The van der Waals surface area contributed by atoms with E-state index in [1.165, 1.54) is 24.3 Å². The number of phenols is 2. The standard InChI is InChI=1S/C20H22O5/c1-14(2)25-19-6-4-3-5-16(19)11-12-24-20(23)10-8-15-7-9-17(21)18(22)13-15/h3-10,13-14,21-22H,11-12H2,1-2H3/b10-8+. The zero-order valence-electron chi connectivity index (χ0n) is 14.3. The second-order valence-electron chi connectivity index (χ2n) is 5.77. The molecule has 0 bridgehead atoms. The lowest BCUT2D eigenvalue weighted by Crippen LogP contribution is -2.09. The number of hydrogen-bond acceptors (Lipinski definition) is 5. The molecule has 0 aliphatic heterocycles. The topological polar surface area (TPSA) is 76.0 Å². The molecule has 0 unspecified atom stereocenters. The summed E-state index contributed by atoms with van der Waals surface area (Å²) >= 11 is 0. The van der Waals surface area contributed by atoms with Crippen LogP contribution in [0.4, 0.5) is 0 Å². The number of carbonyl (C=O) groups excluding carboxylic acids is 1. The maximum Gasteiger partial charge on any atom is 0.330 e. The first-order valence-electron chi connectivity index (χ1n) is 8.07. The van der Waals surface area contributed by atoms with Gasteiger partial charge in [-0.25, -0.2) is 4.79 Å². The minimum absolute atomic E-state index is 0.0772. The molecule has 2 rings (SSSR count). The lowest BCUT2D eigenvalue weighted by Gasteiger charge is -2.14. The van der Waals surface area contributed by atoms with Gasteiger partial charge in [0, 0.05) is 12.5 Å². The van der Waals surface area contributed by atoms with E-state index in [1.54, 1.807) is 6.07 Å². The fraction of sp³-hybridized carbons (Fsp3) is 0.250. The fourth-order valence-corrected chi connectivity index (χ4v) is 2.20. The molecule has 0 saturated heterocycles. The molecule has 0 spiro atoms. The van der Waals surface area contributed by atoms with Gasteiger partial charge in [-0.1, -0.05) is 24.3 Å². The number of hydrogen-bond donors (Lipinski definition) is 2. The summed E-state index contributed by atoms with van der Waals surface area (Å²) in [5, 5.41) is 18.7. The SMILES string of the molecule is CC(C)Oc1ccccc1CCOC(=O)/C=C/c1ccc(O)c(O)c1. The first-order chi connectivity index (χ1) is 12.0. The van der Waals surface area contributed by atoms with Crippen LogP contribution in [0.5, 0.6) is 17.2 Å². The molecule has 0 fully saturated rings. The molecule has 0 saturated carbocycles. The molecule has 0 heterocycles. The Kier molecular flexibility index (Phi) is 6.46. The average molecular weight is 342 g/mol. The summed E-state index contributed by atoms with van der Waals surface area (Å²) in [6.07, 6.45) is 3.43. The molecule has 2 aromatic carbocycles. The zero-order chi connectivity index (χ0) is 18.2. The summed E-state index contributed by atoms with van der Waals surface area (Å²) in [5.74, 6) is -0.127. The van der Waals surface area contributed by atoms with Crippen molar-refractivity contribution in [2.24, 2.45) is 0 Å². The van der Waals surface area contributed by atoms with Crippen molar-refractivity contribution in [3.05, 3.63) is 59.7 Å². The van der Waals surface area contributed by atoms with Crippen LogP contribution in [0.3, 0.4) is 0 Å². The van der Waals surface area contributed by atoms with Crippen molar-refractivity contribution in [1.82, 2.24) is 0 Å². The smallest absolute Gasteiger partial charge is 0.330 e. The van der Waals surface area contributed by atoms with E-state index in [2.05, 4.69) is 0 Å². The number of benzene rings is 2. The van der Waals surface area contributed by atoms with Gasteiger partial charge in [0.1, 0.15) is 5.75 Å². The van der Waals surface area contributed by atoms with E-state index in [1.807, 2.05) is 38.1 Å². The predicted molar refractivity (Wildman–Crippen MR) is 95.7 cm³/mol. The Morgan fingerprint density at radius 1 is 1.12 bits per heavy atom. The van der Waals surface area contributed by atoms with Gasteiger partial charge in [0.25, 0.3) is 0 Å². The van der Waals surface area contributed by atoms with Gasteiger partial charge in [0.15, 0.2) is 11.5 Å². The van der Waals surface area contributed by atoms with Gasteiger partial charge in [-0.3, -0.25) is 0 Å². The molecule has 0 aliphatic carbocycles. The van der Waals surface area contributed by atoms with Crippen LogP contribution in [0.25, 0.3) is 6.08 Å². The largest absolute Gasteiger partial charge is 0.504 e. The van der Waals surface area contributed by atoms with Crippen molar-refractivity contribution in [1.29, 1.82) is 0 Å². The minimum Gasteiger partial charge on any atom is -0.504 e. The Hall–Kier alpha value is -2.95. The van der Waals surface area contributed by atoms with Gasteiger partial charge in [-0.2, -0.15) is 0 Å². The van der Waals surface area contributed by atoms with E-state index in [-0.39, 0.29) is 24.2 Å². The van der Waals surface area contributed by atoms with Gasteiger partial charge in [0.05, 0.1) is 12.7 Å². The molecule has 0 aliphatic rings. The molecule has 132 valence electrons. The van der Waals surface area contributed by atoms with E-state index in [9.17, 15) is 15.0 Å². The van der Waals surface area contributed by atoms with Crippen LogP contribution in [0.15, 0.2) is 48.5 Å². The van der Waals surface area contributed by atoms with Crippen molar-refractivity contribution in [2.75, 3.05) is 6.61 Å². The molecule has 0 aromatic heterocycles. The number of esters is 1. The quantitative estimate of drug-likeness (QED) is 0.456. The summed E-state index contributed by atoms with van der Waals surface area (Å²) in [4.78, 5) is 11.8. The van der Waals surface area contributed by atoms with E-state index in [0.29, 0.717) is 12.0 Å². The average Bonchev–Trinajstić information content (AvgIpc) is 2.57. The van der Waals surface area contributed by atoms with Crippen LogP contribution in [0.2, 0.25) is 0 Å². The lowest BCUT2D eigenvalue weighted by atomic mass is 10.1. The number of aromatic hydroxyl groups is 2. The summed E-state index contributed by atoms with van der Waals surface area (Å²) in [5.41, 5.74) is 1.57.